The highest BCUT2D eigenvalue weighted by atomic mass is 79.9. The van der Waals surface area contributed by atoms with Crippen LogP contribution in [0.5, 0.6) is 0 Å². The van der Waals surface area contributed by atoms with E-state index in [-0.39, 0.29) is 10.2 Å². The summed E-state index contributed by atoms with van der Waals surface area (Å²) in [6.07, 6.45) is 4.58. The second-order valence-corrected chi connectivity index (χ2v) is 8.05. The molecule has 7 heteroatoms. The third kappa shape index (κ3) is 3.32. The van der Waals surface area contributed by atoms with Crippen molar-refractivity contribution < 1.29 is 12.8 Å². The van der Waals surface area contributed by atoms with Gasteiger partial charge in [0.15, 0.2) is 5.82 Å². The molecule has 1 aliphatic carbocycles. The molecule has 0 heterocycles. The summed E-state index contributed by atoms with van der Waals surface area (Å²) in [6.45, 7) is 1.86. The number of sulfonamides is 1. The maximum absolute atomic E-state index is 14.0. The van der Waals surface area contributed by atoms with Crippen molar-refractivity contribution in [3.05, 3.63) is 22.4 Å². The zero-order chi connectivity index (χ0) is 15.0. The van der Waals surface area contributed by atoms with E-state index in [0.717, 1.165) is 38.2 Å². The van der Waals surface area contributed by atoms with Crippen LogP contribution in [0.2, 0.25) is 0 Å². The monoisotopic (exact) mass is 364 g/mol. The second kappa shape index (κ2) is 5.61. The number of nitrogens with one attached hydrogen (secondary N) is 1. The van der Waals surface area contributed by atoms with Crippen molar-refractivity contribution in [2.75, 3.05) is 5.73 Å². The summed E-state index contributed by atoms with van der Waals surface area (Å²) < 4.78 is 41.5. The summed E-state index contributed by atoms with van der Waals surface area (Å²) >= 11 is 2.98. The minimum Gasteiger partial charge on any atom is -0.399 e. The van der Waals surface area contributed by atoms with Gasteiger partial charge >= 0.3 is 0 Å². The Morgan fingerprint density at radius 1 is 1.30 bits per heavy atom. The Labute approximate surface area is 127 Å². The van der Waals surface area contributed by atoms with Gasteiger partial charge in [0.05, 0.1) is 4.47 Å². The van der Waals surface area contributed by atoms with E-state index in [2.05, 4.69) is 20.7 Å². The van der Waals surface area contributed by atoms with Gasteiger partial charge in [-0.2, -0.15) is 0 Å². The lowest BCUT2D eigenvalue weighted by Crippen LogP contribution is -2.47. The first-order valence-electron chi connectivity index (χ1n) is 6.52. The fraction of sp³-hybridized carbons (Fsp3) is 0.538. The number of nitrogen functional groups attached to an aromatic ring is 1. The van der Waals surface area contributed by atoms with Crippen molar-refractivity contribution in [2.45, 2.75) is 49.5 Å². The predicted octanol–water partition coefficient (Wildman–Crippen LogP) is 3.17. The van der Waals surface area contributed by atoms with E-state index in [9.17, 15) is 12.8 Å². The standard InChI is InChI=1S/C13H18BrFN2O2S/c1-13(5-3-2-4-6-13)17-20(18,19)11-8-9(16)7-10(14)12(11)15/h7-8,17H,2-6,16H2,1H3. The molecule has 1 aromatic carbocycles. The molecule has 0 atom stereocenters. The maximum atomic E-state index is 14.0. The number of halogens is 2. The van der Waals surface area contributed by atoms with Crippen molar-refractivity contribution in [2.24, 2.45) is 0 Å². The van der Waals surface area contributed by atoms with Crippen LogP contribution in [-0.2, 0) is 10.0 Å². The van der Waals surface area contributed by atoms with Crippen LogP contribution >= 0.6 is 15.9 Å². The molecule has 0 spiro atoms. The number of rotatable bonds is 3. The molecule has 0 aliphatic heterocycles. The molecule has 1 saturated carbocycles. The van der Waals surface area contributed by atoms with Gasteiger partial charge in [-0.05, 0) is 47.8 Å². The predicted molar refractivity (Wildman–Crippen MR) is 80.3 cm³/mol. The summed E-state index contributed by atoms with van der Waals surface area (Å²) in [5.41, 5.74) is 5.29. The molecule has 0 radical (unpaired) electrons. The minimum absolute atomic E-state index is 0.0478. The van der Waals surface area contributed by atoms with Crippen LogP contribution in [0.1, 0.15) is 39.0 Å². The van der Waals surface area contributed by atoms with Gasteiger partial charge in [0, 0.05) is 11.2 Å². The SMILES string of the molecule is CC1(NS(=O)(=O)c2cc(N)cc(Br)c2F)CCCCC1. The van der Waals surface area contributed by atoms with Crippen LogP contribution in [0.25, 0.3) is 0 Å². The van der Waals surface area contributed by atoms with Crippen LogP contribution < -0.4 is 10.5 Å². The smallest absolute Gasteiger partial charge is 0.244 e. The van der Waals surface area contributed by atoms with Crippen molar-refractivity contribution in [3.63, 3.8) is 0 Å². The molecule has 0 amide bonds. The van der Waals surface area contributed by atoms with Crippen molar-refractivity contribution in [3.8, 4) is 0 Å². The Bertz CT molecular complexity index is 613. The Hall–Kier alpha value is -0.660. The molecular weight excluding hydrogens is 347 g/mol. The van der Waals surface area contributed by atoms with Crippen LogP contribution in [0, 0.1) is 5.82 Å². The average molecular weight is 365 g/mol. The van der Waals surface area contributed by atoms with Gasteiger partial charge in [-0.3, -0.25) is 0 Å². The van der Waals surface area contributed by atoms with Crippen molar-refractivity contribution >= 4 is 31.6 Å². The number of benzene rings is 1. The molecule has 3 N–H and O–H groups in total. The Morgan fingerprint density at radius 2 is 1.90 bits per heavy atom. The van der Waals surface area contributed by atoms with Crippen LogP contribution in [-0.4, -0.2) is 14.0 Å². The maximum Gasteiger partial charge on any atom is 0.244 e. The highest BCUT2D eigenvalue weighted by molar-refractivity contribution is 9.10. The quantitative estimate of drug-likeness (QED) is 0.809. The molecule has 1 aliphatic rings. The van der Waals surface area contributed by atoms with E-state index in [1.54, 1.807) is 0 Å². The third-order valence-corrected chi connectivity index (χ3v) is 5.86. The largest absolute Gasteiger partial charge is 0.399 e. The summed E-state index contributed by atoms with van der Waals surface area (Å²) in [4.78, 5) is -0.406. The normalized spacial score (nSPS) is 18.9. The number of hydrogen-bond donors (Lipinski definition) is 2. The summed E-state index contributed by atoms with van der Waals surface area (Å²) in [5, 5.41) is 0. The zero-order valence-corrected chi connectivity index (χ0v) is 13.7. The molecule has 0 unspecified atom stereocenters. The minimum atomic E-state index is -3.93. The van der Waals surface area contributed by atoms with Crippen LogP contribution in [0.4, 0.5) is 10.1 Å². The van der Waals surface area contributed by atoms with E-state index in [4.69, 9.17) is 5.73 Å². The Balaban J connectivity index is 2.36. The molecule has 4 nitrogen and oxygen atoms in total. The first-order chi connectivity index (χ1) is 9.23. The van der Waals surface area contributed by atoms with Crippen molar-refractivity contribution in [1.82, 2.24) is 4.72 Å². The Kier molecular flexibility index (Phi) is 4.41. The Morgan fingerprint density at radius 3 is 2.50 bits per heavy atom. The molecule has 0 bridgehead atoms. The molecule has 1 fully saturated rings. The summed E-state index contributed by atoms with van der Waals surface area (Å²) in [7, 11) is -3.93. The highest BCUT2D eigenvalue weighted by Gasteiger charge is 2.33. The van der Waals surface area contributed by atoms with E-state index in [0.29, 0.717) is 0 Å². The van der Waals surface area contributed by atoms with Gasteiger partial charge < -0.3 is 5.73 Å². The van der Waals surface area contributed by atoms with E-state index >= 15 is 0 Å². The fourth-order valence-electron chi connectivity index (χ4n) is 2.59. The highest BCUT2D eigenvalue weighted by Crippen LogP contribution is 2.31. The van der Waals surface area contributed by atoms with Gasteiger partial charge in [0.2, 0.25) is 10.0 Å². The summed E-state index contributed by atoms with van der Waals surface area (Å²) in [6, 6.07) is 2.49. The zero-order valence-electron chi connectivity index (χ0n) is 11.2. The van der Waals surface area contributed by atoms with Gasteiger partial charge in [0.25, 0.3) is 0 Å². The van der Waals surface area contributed by atoms with Gasteiger partial charge in [0.1, 0.15) is 4.90 Å². The first-order valence-corrected chi connectivity index (χ1v) is 8.80. The van der Waals surface area contributed by atoms with Crippen LogP contribution in [0.3, 0.4) is 0 Å². The van der Waals surface area contributed by atoms with Crippen molar-refractivity contribution in [1.29, 1.82) is 0 Å². The van der Waals surface area contributed by atoms with E-state index < -0.39 is 26.3 Å². The lowest BCUT2D eigenvalue weighted by atomic mass is 9.84. The second-order valence-electron chi connectivity index (χ2n) is 5.54. The number of anilines is 1. The lowest BCUT2D eigenvalue weighted by Gasteiger charge is -2.34. The van der Waals surface area contributed by atoms with E-state index in [1.807, 2.05) is 6.92 Å². The lowest BCUT2D eigenvalue weighted by molar-refractivity contribution is 0.293. The number of hydrogen-bond acceptors (Lipinski definition) is 3. The fourth-order valence-corrected chi connectivity index (χ4v) is 4.80. The molecule has 1 aromatic rings. The van der Waals surface area contributed by atoms with Crippen LogP contribution in [0.15, 0.2) is 21.5 Å². The third-order valence-electron chi connectivity index (χ3n) is 3.64. The van der Waals surface area contributed by atoms with E-state index in [1.165, 1.54) is 6.07 Å². The average Bonchev–Trinajstić information content (AvgIpc) is 2.33. The van der Waals surface area contributed by atoms with Gasteiger partial charge in [-0.25, -0.2) is 17.5 Å². The topological polar surface area (TPSA) is 72.2 Å². The van der Waals surface area contributed by atoms with Gasteiger partial charge in [-0.1, -0.05) is 19.3 Å². The number of nitrogens with two attached hydrogens (primary N) is 1. The molecule has 2 rings (SSSR count). The molecule has 20 heavy (non-hydrogen) atoms. The molecule has 0 saturated heterocycles. The first kappa shape index (κ1) is 15.7. The molecule has 112 valence electrons. The molecular formula is C13H18BrFN2O2S. The summed E-state index contributed by atoms with van der Waals surface area (Å²) in [5.74, 6) is -0.814. The van der Waals surface area contributed by atoms with Gasteiger partial charge in [-0.15, -0.1) is 0 Å². The molecule has 0 aromatic heterocycles.